The van der Waals surface area contributed by atoms with Crippen LogP contribution >= 0.6 is 11.3 Å². The molecule has 0 spiro atoms. The zero-order chi connectivity index (χ0) is 20.4. The normalized spacial score (nSPS) is 18.0. The lowest BCUT2D eigenvalue weighted by atomic mass is 9.97. The molecule has 3 heterocycles. The number of piperidine rings is 1. The van der Waals surface area contributed by atoms with Gasteiger partial charge in [0.25, 0.3) is 5.56 Å². The summed E-state index contributed by atoms with van der Waals surface area (Å²) in [6.07, 6.45) is 10.1. The van der Waals surface area contributed by atoms with Crippen molar-refractivity contribution in [2.45, 2.75) is 77.3 Å². The van der Waals surface area contributed by atoms with Crippen molar-refractivity contribution in [2.75, 3.05) is 19.6 Å². The van der Waals surface area contributed by atoms with E-state index in [9.17, 15) is 9.59 Å². The molecule has 0 saturated carbocycles. The predicted molar refractivity (Wildman–Crippen MR) is 118 cm³/mol. The summed E-state index contributed by atoms with van der Waals surface area (Å²) in [5, 5.41) is 3.87. The van der Waals surface area contributed by atoms with Gasteiger partial charge in [0.2, 0.25) is 5.91 Å². The summed E-state index contributed by atoms with van der Waals surface area (Å²) in [7, 11) is 0. The number of nitrogens with zero attached hydrogens (tertiary/aromatic N) is 3. The highest BCUT2D eigenvalue weighted by atomic mass is 32.1. The summed E-state index contributed by atoms with van der Waals surface area (Å²) in [5.74, 6) is -0.00516. The zero-order valence-electron chi connectivity index (χ0n) is 17.6. The highest BCUT2D eigenvalue weighted by molar-refractivity contribution is 7.18. The average Bonchev–Trinajstić information content (AvgIpc) is 3.12. The number of carbonyl (C=O) groups is 1. The highest BCUT2D eigenvalue weighted by Gasteiger charge is 2.28. The van der Waals surface area contributed by atoms with E-state index in [1.807, 2.05) is 0 Å². The van der Waals surface area contributed by atoms with Crippen LogP contribution in [0.15, 0.2) is 11.1 Å². The Morgan fingerprint density at radius 3 is 2.72 bits per heavy atom. The van der Waals surface area contributed by atoms with Gasteiger partial charge in [-0.1, -0.05) is 6.42 Å². The van der Waals surface area contributed by atoms with Crippen LogP contribution in [-0.4, -0.2) is 45.5 Å². The molecule has 4 rings (SSSR count). The molecule has 1 N–H and O–H groups in total. The van der Waals surface area contributed by atoms with Gasteiger partial charge in [-0.05, 0) is 71.0 Å². The Hall–Kier alpha value is -1.73. The molecule has 7 heteroatoms. The largest absolute Gasteiger partial charge is 0.354 e. The third kappa shape index (κ3) is 4.40. The number of carbonyl (C=O) groups excluding carboxylic acids is 1. The molecule has 29 heavy (non-hydrogen) atoms. The fourth-order valence-corrected chi connectivity index (χ4v) is 5.80. The van der Waals surface area contributed by atoms with Gasteiger partial charge in [0.15, 0.2) is 0 Å². The third-order valence-electron chi connectivity index (χ3n) is 6.45. The van der Waals surface area contributed by atoms with E-state index in [2.05, 4.69) is 29.0 Å². The van der Waals surface area contributed by atoms with E-state index in [0.717, 1.165) is 42.6 Å². The monoisotopic (exact) mass is 416 g/mol. The van der Waals surface area contributed by atoms with Crippen molar-refractivity contribution in [3.63, 3.8) is 0 Å². The molecule has 1 amide bonds. The van der Waals surface area contributed by atoms with Crippen LogP contribution in [0.25, 0.3) is 10.2 Å². The summed E-state index contributed by atoms with van der Waals surface area (Å²) in [6.45, 7) is 7.61. The van der Waals surface area contributed by atoms with Crippen molar-refractivity contribution < 1.29 is 4.79 Å². The molecule has 1 saturated heterocycles. The van der Waals surface area contributed by atoms with E-state index < -0.39 is 0 Å². The molecule has 0 aromatic carbocycles. The smallest absolute Gasteiger partial charge is 0.262 e. The van der Waals surface area contributed by atoms with Gasteiger partial charge in [0.1, 0.15) is 4.83 Å². The minimum Gasteiger partial charge on any atom is -0.354 e. The predicted octanol–water partition coefficient (Wildman–Crippen LogP) is 3.11. The number of fused-ring (bicyclic) bond motifs is 3. The first kappa shape index (κ1) is 20.5. The molecule has 1 fully saturated rings. The molecular formula is C22H32N4O2S. The molecule has 2 aliphatic rings. The van der Waals surface area contributed by atoms with E-state index in [1.54, 1.807) is 22.2 Å². The van der Waals surface area contributed by atoms with Gasteiger partial charge < -0.3 is 5.32 Å². The van der Waals surface area contributed by atoms with E-state index in [0.29, 0.717) is 19.5 Å². The van der Waals surface area contributed by atoms with Crippen LogP contribution in [0.4, 0.5) is 0 Å². The first-order chi connectivity index (χ1) is 14.0. The number of aryl methyl sites for hydroxylation is 3. The van der Waals surface area contributed by atoms with Crippen LogP contribution < -0.4 is 10.9 Å². The number of likely N-dealkylation sites (tertiary alicyclic amines) is 1. The van der Waals surface area contributed by atoms with Crippen LogP contribution in [0.1, 0.15) is 62.8 Å². The molecule has 0 atom stereocenters. The van der Waals surface area contributed by atoms with Gasteiger partial charge in [0.05, 0.1) is 11.7 Å². The third-order valence-corrected chi connectivity index (χ3v) is 7.65. The second-order valence-corrected chi connectivity index (χ2v) is 10.1. The molecule has 1 aliphatic carbocycles. The van der Waals surface area contributed by atoms with Crippen LogP contribution in [0.5, 0.6) is 0 Å². The number of nitrogens with one attached hydrogen (secondary N) is 1. The lowest BCUT2D eigenvalue weighted by Gasteiger charge is -2.41. The number of hydrogen-bond acceptors (Lipinski definition) is 5. The zero-order valence-corrected chi connectivity index (χ0v) is 18.4. The Bertz CT molecular complexity index is 940. The number of hydrogen-bond donors (Lipinski definition) is 1. The lowest BCUT2D eigenvalue weighted by Crippen LogP contribution is -2.53. The first-order valence-corrected chi connectivity index (χ1v) is 11.8. The SMILES string of the molecule is CC(C)(CNC(=O)CCn1cnc2sc3c(c2c1=O)CCCC3)N1CCCCC1. The Morgan fingerprint density at radius 1 is 1.17 bits per heavy atom. The second kappa shape index (κ2) is 8.56. The van der Waals surface area contributed by atoms with E-state index in [-0.39, 0.29) is 17.0 Å². The summed E-state index contributed by atoms with van der Waals surface area (Å²) >= 11 is 1.66. The van der Waals surface area contributed by atoms with Crippen molar-refractivity contribution in [1.29, 1.82) is 0 Å². The van der Waals surface area contributed by atoms with Crippen molar-refractivity contribution in [3.05, 3.63) is 27.1 Å². The van der Waals surface area contributed by atoms with Crippen LogP contribution in [0, 0.1) is 0 Å². The number of thiophene rings is 1. The van der Waals surface area contributed by atoms with E-state index in [1.165, 1.54) is 36.1 Å². The number of rotatable bonds is 6. The fourth-order valence-electron chi connectivity index (χ4n) is 4.58. The van der Waals surface area contributed by atoms with Gasteiger partial charge in [-0.2, -0.15) is 0 Å². The maximum absolute atomic E-state index is 13.0. The standard InChI is InChI=1S/C22H32N4O2S/c1-22(2,26-11-6-3-7-12-26)14-23-18(27)10-13-25-15-24-20-19(21(25)28)16-8-4-5-9-17(16)29-20/h15H,3-14H2,1-2H3,(H,23,27). The van der Waals surface area contributed by atoms with Crippen molar-refractivity contribution in [3.8, 4) is 0 Å². The van der Waals surface area contributed by atoms with Crippen LogP contribution in [-0.2, 0) is 24.2 Å². The molecule has 1 aliphatic heterocycles. The van der Waals surface area contributed by atoms with Crippen molar-refractivity contribution >= 4 is 27.5 Å². The molecule has 0 radical (unpaired) electrons. The number of aromatic nitrogens is 2. The lowest BCUT2D eigenvalue weighted by molar-refractivity contribution is -0.122. The van der Waals surface area contributed by atoms with E-state index >= 15 is 0 Å². The molecule has 0 unspecified atom stereocenters. The highest BCUT2D eigenvalue weighted by Crippen LogP contribution is 2.33. The van der Waals surface area contributed by atoms with Gasteiger partial charge in [-0.3, -0.25) is 19.1 Å². The Kier molecular flexibility index (Phi) is 6.06. The summed E-state index contributed by atoms with van der Waals surface area (Å²) in [5.41, 5.74) is 1.18. The second-order valence-electron chi connectivity index (χ2n) is 9.02. The average molecular weight is 417 g/mol. The van der Waals surface area contributed by atoms with Crippen molar-refractivity contribution in [2.24, 2.45) is 0 Å². The Morgan fingerprint density at radius 2 is 1.93 bits per heavy atom. The van der Waals surface area contributed by atoms with Gasteiger partial charge in [0, 0.05) is 29.9 Å². The van der Waals surface area contributed by atoms with Gasteiger partial charge in [-0.25, -0.2) is 4.98 Å². The summed E-state index contributed by atoms with van der Waals surface area (Å²) in [6, 6.07) is 0. The fraction of sp³-hybridized carbons (Fsp3) is 0.682. The molecule has 2 aromatic rings. The van der Waals surface area contributed by atoms with Crippen LogP contribution in [0.3, 0.4) is 0 Å². The topological polar surface area (TPSA) is 67.2 Å². The Labute approximate surface area is 176 Å². The minimum atomic E-state index is -0.0386. The quantitative estimate of drug-likeness (QED) is 0.786. The van der Waals surface area contributed by atoms with E-state index in [4.69, 9.17) is 0 Å². The summed E-state index contributed by atoms with van der Waals surface area (Å²) < 4.78 is 1.61. The maximum atomic E-state index is 13.0. The molecule has 2 aromatic heterocycles. The molecule has 6 nitrogen and oxygen atoms in total. The molecule has 158 valence electrons. The molecular weight excluding hydrogens is 384 g/mol. The summed E-state index contributed by atoms with van der Waals surface area (Å²) in [4.78, 5) is 34.6. The van der Waals surface area contributed by atoms with Gasteiger partial charge in [-0.15, -0.1) is 11.3 Å². The maximum Gasteiger partial charge on any atom is 0.262 e. The number of amides is 1. The first-order valence-electron chi connectivity index (χ1n) is 11.0. The Balaban J connectivity index is 1.37. The molecule has 0 bridgehead atoms. The minimum absolute atomic E-state index is 0.00516. The van der Waals surface area contributed by atoms with Gasteiger partial charge >= 0.3 is 0 Å². The van der Waals surface area contributed by atoms with Crippen LogP contribution in [0.2, 0.25) is 0 Å². The van der Waals surface area contributed by atoms with Crippen molar-refractivity contribution in [1.82, 2.24) is 19.8 Å².